The third-order valence-electron chi connectivity index (χ3n) is 6.52. The number of hydrogen-bond acceptors (Lipinski definition) is 3. The van der Waals surface area contributed by atoms with Crippen molar-refractivity contribution in [3.63, 3.8) is 0 Å². The number of urea groups is 1. The summed E-state index contributed by atoms with van der Waals surface area (Å²) in [6.07, 6.45) is 0.301. The van der Waals surface area contributed by atoms with Crippen LogP contribution in [0.1, 0.15) is 32.1 Å². The van der Waals surface area contributed by atoms with Crippen LogP contribution in [0.2, 0.25) is 10.0 Å². The number of benzene rings is 1. The molecule has 1 atom stereocenters. The Hall–Kier alpha value is -1.38. The van der Waals surface area contributed by atoms with Crippen molar-refractivity contribution in [1.29, 1.82) is 0 Å². The Morgan fingerprint density at radius 3 is 2.47 bits per heavy atom. The van der Waals surface area contributed by atoms with E-state index in [1.54, 1.807) is 32.3 Å². The van der Waals surface area contributed by atoms with Gasteiger partial charge in [-0.1, -0.05) is 29.3 Å². The fourth-order valence-corrected chi connectivity index (χ4v) is 4.99. The summed E-state index contributed by atoms with van der Waals surface area (Å²) in [5, 5.41) is 3.44. The summed E-state index contributed by atoms with van der Waals surface area (Å²) in [5.74, 6) is 0.479. The van der Waals surface area contributed by atoms with Crippen LogP contribution in [-0.2, 0) is 0 Å². The normalized spacial score (nSPS) is 25.0. The lowest BCUT2D eigenvalue weighted by atomic mass is 9.84. The number of halogens is 5. The molecule has 2 amide bonds. The molecule has 1 saturated carbocycles. The maximum Gasteiger partial charge on any atom is 0.409 e. The van der Waals surface area contributed by atoms with Gasteiger partial charge in [-0.3, -0.25) is 4.90 Å². The summed E-state index contributed by atoms with van der Waals surface area (Å²) in [4.78, 5) is 16.6. The van der Waals surface area contributed by atoms with E-state index in [1.807, 2.05) is 4.90 Å². The molecule has 1 heterocycles. The van der Waals surface area contributed by atoms with Crippen LogP contribution in [0.5, 0.6) is 0 Å². The van der Waals surface area contributed by atoms with E-state index in [4.69, 9.17) is 23.2 Å². The fraction of sp³-hybridized carbons (Fsp3) is 0.682. The first-order valence-electron chi connectivity index (χ1n) is 11.0. The molecule has 1 unspecified atom stereocenters. The van der Waals surface area contributed by atoms with E-state index in [1.165, 1.54) is 9.80 Å². The number of nitrogens with zero attached hydrogens (tertiary/aromatic N) is 3. The lowest BCUT2D eigenvalue weighted by Crippen LogP contribution is -2.59. The molecule has 32 heavy (non-hydrogen) atoms. The summed E-state index contributed by atoms with van der Waals surface area (Å²) >= 11 is 12.3. The number of hydrogen-bond donors (Lipinski definition) is 1. The largest absolute Gasteiger partial charge is 0.409 e. The van der Waals surface area contributed by atoms with Gasteiger partial charge in [-0.15, -0.1) is 0 Å². The van der Waals surface area contributed by atoms with Crippen LogP contribution in [0, 0.1) is 5.92 Å². The molecule has 3 rings (SSSR count). The highest BCUT2D eigenvalue weighted by Gasteiger charge is 2.47. The number of nitrogens with one attached hydrogen (secondary N) is 1. The van der Waals surface area contributed by atoms with Gasteiger partial charge in [0, 0.05) is 39.8 Å². The first-order valence-corrected chi connectivity index (χ1v) is 11.8. The van der Waals surface area contributed by atoms with Crippen molar-refractivity contribution in [2.75, 3.05) is 45.2 Å². The van der Waals surface area contributed by atoms with Crippen molar-refractivity contribution in [3.8, 4) is 0 Å². The van der Waals surface area contributed by atoms with Gasteiger partial charge < -0.3 is 15.1 Å². The van der Waals surface area contributed by atoms with E-state index in [2.05, 4.69) is 5.32 Å². The first-order chi connectivity index (χ1) is 15.1. The Morgan fingerprint density at radius 1 is 1.16 bits per heavy atom. The monoisotopic (exact) mass is 494 g/mol. The Bertz CT molecular complexity index is 785. The van der Waals surface area contributed by atoms with Crippen LogP contribution in [-0.4, -0.2) is 74.4 Å². The average molecular weight is 495 g/mol. The van der Waals surface area contributed by atoms with Gasteiger partial charge in [-0.2, -0.15) is 13.2 Å². The van der Waals surface area contributed by atoms with Gasteiger partial charge >= 0.3 is 12.2 Å². The van der Waals surface area contributed by atoms with Gasteiger partial charge in [0.1, 0.15) is 6.04 Å². The molecule has 0 spiro atoms. The highest BCUT2D eigenvalue weighted by Crippen LogP contribution is 2.38. The topological polar surface area (TPSA) is 38.8 Å². The Balaban J connectivity index is 1.53. The van der Waals surface area contributed by atoms with Gasteiger partial charge in [0.25, 0.3) is 0 Å². The van der Waals surface area contributed by atoms with Crippen molar-refractivity contribution in [2.24, 2.45) is 5.92 Å². The van der Waals surface area contributed by atoms with Gasteiger partial charge in [0.2, 0.25) is 0 Å². The van der Waals surface area contributed by atoms with Gasteiger partial charge in [-0.25, -0.2) is 4.79 Å². The molecular formula is C22H31Cl2F3N4O. The Labute approximate surface area is 197 Å². The van der Waals surface area contributed by atoms with Crippen LogP contribution in [0.4, 0.5) is 23.7 Å². The summed E-state index contributed by atoms with van der Waals surface area (Å²) in [7, 11) is 3.44. The third kappa shape index (κ3) is 6.35. The number of anilines is 1. The molecule has 180 valence electrons. The Kier molecular flexibility index (Phi) is 8.44. The lowest BCUT2D eigenvalue weighted by Gasteiger charge is -2.44. The van der Waals surface area contributed by atoms with E-state index in [0.29, 0.717) is 24.7 Å². The van der Waals surface area contributed by atoms with E-state index in [0.717, 1.165) is 32.1 Å². The van der Waals surface area contributed by atoms with Crippen molar-refractivity contribution in [1.82, 2.24) is 15.1 Å². The molecule has 0 bridgehead atoms. The molecule has 1 aromatic carbocycles. The Morgan fingerprint density at radius 2 is 1.84 bits per heavy atom. The second-order valence-electron chi connectivity index (χ2n) is 8.97. The van der Waals surface area contributed by atoms with E-state index in [-0.39, 0.29) is 35.2 Å². The van der Waals surface area contributed by atoms with Crippen LogP contribution in [0.15, 0.2) is 18.2 Å². The fourth-order valence-electron chi connectivity index (χ4n) is 4.59. The van der Waals surface area contributed by atoms with Crippen LogP contribution >= 0.6 is 23.2 Å². The zero-order chi connectivity index (χ0) is 23.5. The van der Waals surface area contributed by atoms with Crippen molar-refractivity contribution in [2.45, 2.75) is 50.4 Å². The molecule has 1 aliphatic heterocycles. The smallest absolute Gasteiger partial charge is 0.356 e. The minimum Gasteiger partial charge on any atom is -0.356 e. The molecule has 2 fully saturated rings. The third-order valence-corrected chi connectivity index (χ3v) is 7.33. The van der Waals surface area contributed by atoms with Crippen molar-refractivity contribution >= 4 is 34.9 Å². The number of alkyl halides is 3. The number of carbonyl (C=O) groups is 1. The van der Waals surface area contributed by atoms with E-state index < -0.39 is 12.2 Å². The summed E-state index contributed by atoms with van der Waals surface area (Å²) in [6, 6.07) is 3.28. The zero-order valence-electron chi connectivity index (χ0n) is 18.5. The molecule has 0 aromatic heterocycles. The maximum atomic E-state index is 13.9. The van der Waals surface area contributed by atoms with Gasteiger partial charge in [-0.05, 0) is 56.7 Å². The molecule has 1 aromatic rings. The van der Waals surface area contributed by atoms with Crippen molar-refractivity contribution in [3.05, 3.63) is 28.2 Å². The average Bonchev–Trinajstić information content (AvgIpc) is 2.74. The van der Waals surface area contributed by atoms with Gasteiger partial charge in [0.15, 0.2) is 0 Å². The highest BCUT2D eigenvalue weighted by molar-refractivity contribution is 6.43. The number of piperazine rings is 1. The molecule has 0 radical (unpaired) electrons. The lowest BCUT2D eigenvalue weighted by molar-refractivity contribution is -0.156. The number of amides is 2. The molecule has 1 N–H and O–H groups in total. The molecule has 1 aliphatic carbocycles. The molecule has 5 nitrogen and oxygen atoms in total. The minimum atomic E-state index is -4.37. The number of carbonyl (C=O) groups excluding carboxylic acids is 1. The van der Waals surface area contributed by atoms with E-state index >= 15 is 0 Å². The van der Waals surface area contributed by atoms with Crippen molar-refractivity contribution < 1.29 is 18.0 Å². The maximum absolute atomic E-state index is 13.9. The molecule has 10 heteroatoms. The van der Waals surface area contributed by atoms with E-state index in [9.17, 15) is 18.0 Å². The molecule has 2 aliphatic rings. The molecular weight excluding hydrogens is 464 g/mol. The number of rotatable bonds is 5. The summed E-state index contributed by atoms with van der Waals surface area (Å²) in [6.45, 7) is 1.35. The minimum absolute atomic E-state index is 0.0793. The predicted molar refractivity (Wildman–Crippen MR) is 123 cm³/mol. The quantitative estimate of drug-likeness (QED) is 0.606. The summed E-state index contributed by atoms with van der Waals surface area (Å²) in [5.41, 5.74) is 0.333. The highest BCUT2D eigenvalue weighted by atomic mass is 35.5. The zero-order valence-corrected chi connectivity index (χ0v) is 20.0. The molecule has 1 saturated heterocycles. The van der Waals surface area contributed by atoms with Crippen LogP contribution in [0.3, 0.4) is 0 Å². The standard InChI is InChI=1S/C22H31Cl2F3N4O/c1-29(2)21(32)28-16-8-6-15(7-9-16)10-11-30-12-13-31(19(14-30)22(25,26)27)18-5-3-4-17(23)20(18)24/h3-5,15-16,19H,6-14H2,1-2H3,(H,28,32). The van der Waals surface area contributed by atoms with Crippen LogP contribution < -0.4 is 10.2 Å². The summed E-state index contributed by atoms with van der Waals surface area (Å²) < 4.78 is 41.7. The second kappa shape index (κ2) is 10.7. The SMILES string of the molecule is CN(C)C(=O)NC1CCC(CCN2CCN(c3cccc(Cl)c3Cl)C(C(F)(F)F)C2)CC1. The second-order valence-corrected chi connectivity index (χ2v) is 9.76. The predicted octanol–water partition coefficient (Wildman–Crippen LogP) is 5.27. The van der Waals surface area contributed by atoms with Crippen LogP contribution in [0.25, 0.3) is 0 Å². The first kappa shape index (κ1) is 25.2. The van der Waals surface area contributed by atoms with Gasteiger partial charge in [0.05, 0.1) is 15.7 Å².